The minimum absolute atomic E-state index is 0.0792. The standard InChI is InChI=1S/C25H29ClN6O2/c1-14-6-8-15(9-7-14)13-32-20-19(17-4-2-3-5-18(26)12-17)27-22(23-30-25(33)34-31-23)28-21(20)29-24(32)16-10-11-16/h2,4,12,14-16,18H,3,5-11,13H2,1H3,(H,30,31,33)/t14?,15?,18-/m1/s1. The SMILES string of the molecule is CC1CCC(Cn2c(C3CC3)nc3nc(-c4noc(=O)[nH]4)nc(C4=C[C@H](Cl)CCC=C4)c32)CC1. The lowest BCUT2D eigenvalue weighted by molar-refractivity contribution is 0.265. The Balaban J connectivity index is 1.54. The average molecular weight is 481 g/mol. The summed E-state index contributed by atoms with van der Waals surface area (Å²) >= 11 is 6.59. The number of hydrogen-bond acceptors (Lipinski definition) is 6. The number of fused-ring (bicyclic) bond motifs is 1. The third-order valence-electron chi connectivity index (χ3n) is 7.34. The first-order chi connectivity index (χ1) is 16.5. The van der Waals surface area contributed by atoms with E-state index in [4.69, 9.17) is 31.1 Å². The molecule has 0 radical (unpaired) electrons. The van der Waals surface area contributed by atoms with Crippen LogP contribution in [-0.4, -0.2) is 35.0 Å². The van der Waals surface area contributed by atoms with Crippen LogP contribution in [0.25, 0.3) is 28.4 Å². The van der Waals surface area contributed by atoms with E-state index in [9.17, 15) is 4.79 Å². The van der Waals surface area contributed by atoms with E-state index in [0.29, 0.717) is 23.3 Å². The van der Waals surface area contributed by atoms with Gasteiger partial charge in [-0.25, -0.2) is 19.7 Å². The normalized spacial score (nSPS) is 25.5. The third-order valence-corrected chi connectivity index (χ3v) is 7.69. The van der Waals surface area contributed by atoms with Gasteiger partial charge in [0.15, 0.2) is 5.65 Å². The number of aromatic nitrogens is 6. The predicted octanol–water partition coefficient (Wildman–Crippen LogP) is 5.21. The molecule has 9 heteroatoms. The van der Waals surface area contributed by atoms with E-state index in [0.717, 1.165) is 60.8 Å². The van der Waals surface area contributed by atoms with Crippen LogP contribution in [0, 0.1) is 11.8 Å². The van der Waals surface area contributed by atoms with Crippen LogP contribution in [0.4, 0.5) is 0 Å². The van der Waals surface area contributed by atoms with Gasteiger partial charge in [-0.3, -0.25) is 9.51 Å². The summed E-state index contributed by atoms with van der Waals surface area (Å²) in [5, 5.41) is 3.74. The van der Waals surface area contributed by atoms with Crippen LogP contribution >= 0.6 is 11.6 Å². The van der Waals surface area contributed by atoms with E-state index in [1.807, 2.05) is 0 Å². The second-order valence-corrected chi connectivity index (χ2v) is 10.7. The van der Waals surface area contributed by atoms with Crippen molar-refractivity contribution in [3.63, 3.8) is 0 Å². The summed E-state index contributed by atoms with van der Waals surface area (Å²) in [4.78, 5) is 28.8. The minimum atomic E-state index is -0.634. The van der Waals surface area contributed by atoms with Crippen LogP contribution in [0.2, 0.25) is 0 Å². The Morgan fingerprint density at radius 3 is 2.68 bits per heavy atom. The van der Waals surface area contributed by atoms with Gasteiger partial charge in [-0.15, -0.1) is 11.6 Å². The largest absolute Gasteiger partial charge is 0.439 e. The minimum Gasteiger partial charge on any atom is -0.324 e. The van der Waals surface area contributed by atoms with Crippen molar-refractivity contribution in [2.45, 2.75) is 76.1 Å². The molecule has 2 fully saturated rings. The molecule has 178 valence electrons. The number of imidazole rings is 1. The maximum atomic E-state index is 11.6. The smallest absolute Gasteiger partial charge is 0.324 e. The number of aromatic amines is 1. The van der Waals surface area contributed by atoms with Crippen LogP contribution in [0.5, 0.6) is 0 Å². The molecular formula is C25H29ClN6O2. The number of alkyl halides is 1. The predicted molar refractivity (Wildman–Crippen MR) is 131 cm³/mol. The van der Waals surface area contributed by atoms with Crippen LogP contribution in [-0.2, 0) is 6.54 Å². The maximum absolute atomic E-state index is 11.6. The lowest BCUT2D eigenvalue weighted by atomic mass is 9.83. The summed E-state index contributed by atoms with van der Waals surface area (Å²) in [6.45, 7) is 3.29. The van der Waals surface area contributed by atoms with E-state index in [-0.39, 0.29) is 11.2 Å². The van der Waals surface area contributed by atoms with Gasteiger partial charge in [0, 0.05) is 12.5 Å². The number of hydrogen-bond donors (Lipinski definition) is 1. The molecule has 3 aliphatic carbocycles. The van der Waals surface area contributed by atoms with Crippen molar-refractivity contribution < 1.29 is 4.52 Å². The first-order valence-electron chi connectivity index (χ1n) is 12.4. The highest BCUT2D eigenvalue weighted by atomic mass is 35.5. The lowest BCUT2D eigenvalue weighted by Gasteiger charge is -2.27. The van der Waals surface area contributed by atoms with Gasteiger partial charge in [-0.05, 0) is 55.9 Å². The molecule has 6 rings (SSSR count). The molecule has 0 bridgehead atoms. The molecule has 0 saturated heterocycles. The Kier molecular flexibility index (Phi) is 5.63. The van der Waals surface area contributed by atoms with Crippen LogP contribution in [0.15, 0.2) is 27.5 Å². The third kappa shape index (κ3) is 4.24. The van der Waals surface area contributed by atoms with Crippen LogP contribution in [0.3, 0.4) is 0 Å². The molecule has 34 heavy (non-hydrogen) atoms. The van der Waals surface area contributed by atoms with E-state index in [2.05, 4.69) is 39.9 Å². The van der Waals surface area contributed by atoms with Crippen LogP contribution < -0.4 is 5.76 Å². The molecule has 0 aromatic carbocycles. The molecule has 0 unspecified atom stereocenters. The molecule has 3 aliphatic rings. The molecule has 0 spiro atoms. The number of H-pyrrole nitrogens is 1. The average Bonchev–Trinajstić information content (AvgIpc) is 3.53. The maximum Gasteiger partial charge on any atom is 0.439 e. The summed E-state index contributed by atoms with van der Waals surface area (Å²) in [7, 11) is 0. The molecular weight excluding hydrogens is 452 g/mol. The van der Waals surface area contributed by atoms with Gasteiger partial charge < -0.3 is 4.57 Å². The number of allylic oxidation sites excluding steroid dienone is 4. The van der Waals surface area contributed by atoms with Crippen molar-refractivity contribution in [2.24, 2.45) is 11.8 Å². The second-order valence-electron chi connectivity index (χ2n) is 10.1. The molecule has 3 aromatic rings. The van der Waals surface area contributed by atoms with Crippen molar-refractivity contribution in [3.8, 4) is 11.6 Å². The molecule has 1 N–H and O–H groups in total. The molecule has 8 nitrogen and oxygen atoms in total. The van der Waals surface area contributed by atoms with Gasteiger partial charge in [0.1, 0.15) is 17.0 Å². The first kappa shape index (κ1) is 21.8. The summed E-state index contributed by atoms with van der Waals surface area (Å²) in [5.41, 5.74) is 3.34. The van der Waals surface area contributed by atoms with Gasteiger partial charge in [-0.2, -0.15) is 0 Å². The Morgan fingerprint density at radius 1 is 1.12 bits per heavy atom. The number of rotatable bonds is 5. The summed E-state index contributed by atoms with van der Waals surface area (Å²) in [6.07, 6.45) is 15.5. The van der Waals surface area contributed by atoms with Gasteiger partial charge in [0.05, 0.1) is 5.38 Å². The monoisotopic (exact) mass is 480 g/mol. The highest BCUT2D eigenvalue weighted by Gasteiger charge is 2.33. The van der Waals surface area contributed by atoms with Crippen molar-refractivity contribution in [2.75, 3.05) is 0 Å². The highest BCUT2D eigenvalue weighted by molar-refractivity contribution is 6.22. The Morgan fingerprint density at radius 2 is 1.94 bits per heavy atom. The van der Waals surface area contributed by atoms with E-state index in [1.54, 1.807) is 0 Å². The Hall–Kier alpha value is -2.74. The van der Waals surface area contributed by atoms with Crippen LogP contribution in [0.1, 0.15) is 75.7 Å². The van der Waals surface area contributed by atoms with Gasteiger partial charge in [-0.1, -0.05) is 43.2 Å². The lowest BCUT2D eigenvalue weighted by Crippen LogP contribution is -2.19. The molecule has 1 atom stereocenters. The zero-order valence-electron chi connectivity index (χ0n) is 19.3. The number of halogens is 1. The zero-order chi connectivity index (χ0) is 23.2. The summed E-state index contributed by atoms with van der Waals surface area (Å²) in [6, 6.07) is 0. The van der Waals surface area contributed by atoms with Crippen molar-refractivity contribution in [1.82, 2.24) is 29.7 Å². The van der Waals surface area contributed by atoms with E-state index in [1.165, 1.54) is 25.7 Å². The fourth-order valence-corrected chi connectivity index (χ4v) is 5.51. The fraction of sp³-hybridized carbons (Fsp3) is 0.560. The van der Waals surface area contributed by atoms with E-state index >= 15 is 0 Å². The highest BCUT2D eigenvalue weighted by Crippen LogP contribution is 2.43. The quantitative estimate of drug-likeness (QED) is 0.502. The second kappa shape index (κ2) is 8.80. The molecule has 2 saturated carbocycles. The molecule has 0 aliphatic heterocycles. The van der Waals surface area contributed by atoms with Gasteiger partial charge >= 0.3 is 5.76 Å². The Bertz CT molecular complexity index is 1320. The topological polar surface area (TPSA) is 102 Å². The molecule has 0 amide bonds. The molecule has 3 heterocycles. The van der Waals surface area contributed by atoms with Crippen molar-refractivity contribution in [3.05, 3.63) is 40.3 Å². The van der Waals surface area contributed by atoms with Gasteiger partial charge in [0.2, 0.25) is 11.6 Å². The number of nitrogens with one attached hydrogen (secondary N) is 1. The fourth-order valence-electron chi connectivity index (χ4n) is 5.25. The first-order valence-corrected chi connectivity index (χ1v) is 12.9. The van der Waals surface area contributed by atoms with Gasteiger partial charge in [0.25, 0.3) is 0 Å². The number of nitrogens with zero attached hydrogens (tertiary/aromatic N) is 5. The molecule has 3 aromatic heterocycles. The van der Waals surface area contributed by atoms with E-state index < -0.39 is 5.76 Å². The zero-order valence-corrected chi connectivity index (χ0v) is 20.1. The Labute approximate surface area is 202 Å². The summed E-state index contributed by atoms with van der Waals surface area (Å²) < 4.78 is 7.11. The summed E-state index contributed by atoms with van der Waals surface area (Å²) in [5.74, 6) is 2.89. The van der Waals surface area contributed by atoms with Crippen molar-refractivity contribution in [1.29, 1.82) is 0 Å². The van der Waals surface area contributed by atoms with Crippen molar-refractivity contribution >= 4 is 28.3 Å².